The number of hydrogen-bond acceptors (Lipinski definition) is 0. The molecule has 0 aliphatic rings. The van der Waals surface area contributed by atoms with Crippen molar-refractivity contribution >= 4 is 119 Å². The standard InChI is InChI=1S/6Ga.Ir. The second-order valence-electron chi connectivity index (χ2n) is 0. The van der Waals surface area contributed by atoms with Gasteiger partial charge in [-0.25, -0.2) is 0 Å². The number of hydrogen-bond donors (Lipinski definition) is 0. The normalized spacial score (nSPS) is 0. The second-order valence-corrected chi connectivity index (χ2v) is 0. The van der Waals surface area contributed by atoms with Crippen LogP contribution >= 0.6 is 0 Å². The molecular weight excluding hydrogens is 611 g/mol. The molecule has 0 amide bonds. The fourth-order valence-electron chi connectivity index (χ4n) is 0. The molecule has 0 bridgehead atoms. The van der Waals surface area contributed by atoms with Crippen molar-refractivity contribution < 1.29 is 20.1 Å². The molecule has 19 radical (unpaired) electrons. The van der Waals surface area contributed by atoms with E-state index in [1.165, 1.54) is 0 Å². The summed E-state index contributed by atoms with van der Waals surface area (Å²) >= 11 is 0. The Balaban J connectivity index is 0. The molecule has 0 spiro atoms. The van der Waals surface area contributed by atoms with Crippen LogP contribution in [0.25, 0.3) is 0 Å². The Morgan fingerprint density at radius 1 is 0.286 bits per heavy atom. The van der Waals surface area contributed by atoms with Crippen LogP contribution in [-0.4, -0.2) is 119 Å². The van der Waals surface area contributed by atoms with Gasteiger partial charge in [-0.3, -0.25) is 0 Å². The van der Waals surface area contributed by atoms with E-state index < -0.39 is 0 Å². The molecule has 0 N–H and O–H groups in total. The van der Waals surface area contributed by atoms with Crippen molar-refractivity contribution in [3.63, 3.8) is 0 Å². The van der Waals surface area contributed by atoms with E-state index in [-0.39, 0.29) is 139 Å². The first-order valence-corrected chi connectivity index (χ1v) is 0. The molecule has 0 aliphatic heterocycles. The van der Waals surface area contributed by atoms with Gasteiger partial charge < -0.3 is 0 Å². The maximum atomic E-state index is 0. The molecule has 0 aliphatic carbocycles. The van der Waals surface area contributed by atoms with Crippen molar-refractivity contribution in [2.75, 3.05) is 0 Å². The molecule has 0 aromatic rings. The van der Waals surface area contributed by atoms with Gasteiger partial charge in [0, 0.05) is 139 Å². The Hall–Kier alpha value is 4.47. The van der Waals surface area contributed by atoms with Gasteiger partial charge in [0.05, 0.1) is 0 Å². The van der Waals surface area contributed by atoms with E-state index in [0.717, 1.165) is 0 Å². The molecule has 7 heteroatoms. The fraction of sp³-hybridized carbons (Fsp3) is 0. The summed E-state index contributed by atoms with van der Waals surface area (Å²) in [5, 5.41) is 0. The Labute approximate surface area is 136 Å². The maximum absolute atomic E-state index is 0. The molecule has 0 atom stereocenters. The van der Waals surface area contributed by atoms with Gasteiger partial charge in [0.2, 0.25) is 0 Å². The van der Waals surface area contributed by atoms with Gasteiger partial charge in [0.1, 0.15) is 0 Å². The van der Waals surface area contributed by atoms with Gasteiger partial charge in [0.25, 0.3) is 0 Å². The summed E-state index contributed by atoms with van der Waals surface area (Å²) in [6.45, 7) is 0. The summed E-state index contributed by atoms with van der Waals surface area (Å²) in [4.78, 5) is 0. The van der Waals surface area contributed by atoms with Gasteiger partial charge in [-0.15, -0.1) is 0 Å². The van der Waals surface area contributed by atoms with Crippen LogP contribution in [0.4, 0.5) is 0 Å². The molecule has 0 fully saturated rings. The first-order chi connectivity index (χ1) is 0. The molecular formula is Ga6Ir. The zero-order valence-electron chi connectivity index (χ0n) is 3.80. The second kappa shape index (κ2) is 47.0. The first kappa shape index (κ1) is 63.0. The predicted octanol–water partition coefficient (Wildman–Crippen LogP) is -2.29. The van der Waals surface area contributed by atoms with E-state index in [1.54, 1.807) is 0 Å². The van der Waals surface area contributed by atoms with E-state index in [0.29, 0.717) is 0 Å². The Bertz CT molecular complexity index is 4.14. The van der Waals surface area contributed by atoms with Gasteiger partial charge in [0.15, 0.2) is 0 Å². The zero-order chi connectivity index (χ0) is 0. The van der Waals surface area contributed by atoms with Crippen molar-refractivity contribution in [3.05, 3.63) is 0 Å². The minimum absolute atomic E-state index is 0. The third-order valence-corrected chi connectivity index (χ3v) is 0. The third-order valence-electron chi connectivity index (χ3n) is 0. The van der Waals surface area contributed by atoms with E-state index >= 15 is 0 Å². The van der Waals surface area contributed by atoms with Gasteiger partial charge in [-0.1, -0.05) is 0 Å². The van der Waals surface area contributed by atoms with Gasteiger partial charge in [-0.2, -0.15) is 0 Å². The number of rotatable bonds is 0. The topological polar surface area (TPSA) is 0 Å². The molecule has 0 unspecified atom stereocenters. The van der Waals surface area contributed by atoms with Crippen LogP contribution in [0.15, 0.2) is 0 Å². The van der Waals surface area contributed by atoms with Crippen molar-refractivity contribution in [3.8, 4) is 0 Å². The third kappa shape index (κ3) is 37.6. The van der Waals surface area contributed by atoms with Crippen LogP contribution in [0.5, 0.6) is 0 Å². The molecule has 0 heterocycles. The molecule has 0 saturated carbocycles. The molecule has 0 saturated heterocycles. The SMILES string of the molecule is [Ga].[Ga].[Ga].[Ga].[Ga].[Ga].[Ir]. The van der Waals surface area contributed by atoms with Crippen LogP contribution in [-0.2, 0) is 20.1 Å². The van der Waals surface area contributed by atoms with Crippen molar-refractivity contribution in [2.24, 2.45) is 0 Å². The Morgan fingerprint density at radius 3 is 0.286 bits per heavy atom. The molecule has 0 aromatic carbocycles. The van der Waals surface area contributed by atoms with E-state index in [4.69, 9.17) is 0 Å². The smallest absolute Gasteiger partial charge is 0 e. The van der Waals surface area contributed by atoms with Gasteiger partial charge >= 0.3 is 0 Å². The van der Waals surface area contributed by atoms with Crippen LogP contribution in [0.3, 0.4) is 0 Å². The molecule has 27 valence electrons. The van der Waals surface area contributed by atoms with Gasteiger partial charge in [-0.05, 0) is 0 Å². The summed E-state index contributed by atoms with van der Waals surface area (Å²) in [5.74, 6) is 0. The quantitative estimate of drug-likeness (QED) is 0.272. The zero-order valence-corrected chi connectivity index (χ0v) is 20.7. The minimum atomic E-state index is 0. The van der Waals surface area contributed by atoms with E-state index in [2.05, 4.69) is 0 Å². The summed E-state index contributed by atoms with van der Waals surface area (Å²) < 4.78 is 0. The van der Waals surface area contributed by atoms with Crippen LogP contribution < -0.4 is 0 Å². The Kier molecular flexibility index (Phi) is 423. The molecule has 0 aromatic heterocycles. The van der Waals surface area contributed by atoms with E-state index in [9.17, 15) is 0 Å². The predicted molar refractivity (Wildman–Crippen MR) is 34.5 cm³/mol. The maximum Gasteiger partial charge on any atom is 0 e. The van der Waals surface area contributed by atoms with E-state index in [1.807, 2.05) is 0 Å². The monoisotopic (exact) mass is 607 g/mol. The van der Waals surface area contributed by atoms with Crippen molar-refractivity contribution in [1.82, 2.24) is 0 Å². The minimum Gasteiger partial charge on any atom is 0 e. The summed E-state index contributed by atoms with van der Waals surface area (Å²) in [6.07, 6.45) is 0. The fourth-order valence-corrected chi connectivity index (χ4v) is 0. The van der Waals surface area contributed by atoms with Crippen LogP contribution in [0.2, 0.25) is 0 Å². The first-order valence-electron chi connectivity index (χ1n) is 0. The molecule has 7 heavy (non-hydrogen) atoms. The summed E-state index contributed by atoms with van der Waals surface area (Å²) in [5.41, 5.74) is 0. The molecule has 0 nitrogen and oxygen atoms in total. The van der Waals surface area contributed by atoms with Crippen LogP contribution in [0, 0.1) is 0 Å². The van der Waals surface area contributed by atoms with Crippen molar-refractivity contribution in [2.45, 2.75) is 0 Å². The average Bonchev–Trinajstić information content (AvgIpc) is 0. The molecule has 0 rings (SSSR count). The largest absolute Gasteiger partial charge is 0 e. The van der Waals surface area contributed by atoms with Crippen LogP contribution in [0.1, 0.15) is 0 Å². The summed E-state index contributed by atoms with van der Waals surface area (Å²) in [7, 11) is 0. The average molecular weight is 611 g/mol. The van der Waals surface area contributed by atoms with Crippen molar-refractivity contribution in [1.29, 1.82) is 0 Å². The Morgan fingerprint density at radius 2 is 0.286 bits per heavy atom. The summed E-state index contributed by atoms with van der Waals surface area (Å²) in [6, 6.07) is 0.